The second-order valence-electron chi connectivity index (χ2n) is 7.00. The van der Waals surface area contributed by atoms with Crippen molar-refractivity contribution >= 4 is 5.91 Å². The molecule has 0 heterocycles. The van der Waals surface area contributed by atoms with Crippen LogP contribution in [0.25, 0.3) is 0 Å². The first kappa shape index (κ1) is 17.4. The lowest BCUT2D eigenvalue weighted by Gasteiger charge is -2.34. The molecule has 20 heavy (non-hydrogen) atoms. The normalized spacial score (nSPS) is 18.6. The van der Waals surface area contributed by atoms with Gasteiger partial charge in [-0.05, 0) is 32.9 Å². The van der Waals surface area contributed by atoms with E-state index < -0.39 is 5.60 Å². The van der Waals surface area contributed by atoms with Crippen molar-refractivity contribution in [2.45, 2.75) is 58.0 Å². The van der Waals surface area contributed by atoms with Crippen LogP contribution in [0.15, 0.2) is 0 Å². The van der Waals surface area contributed by atoms with E-state index in [1.165, 1.54) is 6.42 Å². The molecule has 0 spiro atoms. The van der Waals surface area contributed by atoms with Crippen LogP contribution in [0.4, 0.5) is 0 Å². The van der Waals surface area contributed by atoms with Crippen LogP contribution < -0.4 is 0 Å². The fraction of sp³-hybridized carbons (Fsp3) is 0.938. The van der Waals surface area contributed by atoms with Crippen LogP contribution >= 0.6 is 0 Å². The largest absolute Gasteiger partial charge is 0.389 e. The maximum Gasteiger partial charge on any atom is 0.225 e. The molecule has 1 N–H and O–H groups in total. The van der Waals surface area contributed by atoms with Crippen molar-refractivity contribution < 1.29 is 9.90 Å². The van der Waals surface area contributed by atoms with Gasteiger partial charge in [0, 0.05) is 19.6 Å². The predicted molar refractivity (Wildman–Crippen MR) is 82.6 cm³/mol. The molecule has 0 bridgehead atoms. The summed E-state index contributed by atoms with van der Waals surface area (Å²) in [5.74, 6) is 0.576. The molecule has 0 saturated heterocycles. The number of amides is 1. The van der Waals surface area contributed by atoms with Crippen LogP contribution in [0, 0.1) is 5.92 Å². The van der Waals surface area contributed by atoms with Gasteiger partial charge in [0.1, 0.15) is 0 Å². The molecule has 0 radical (unpaired) electrons. The van der Waals surface area contributed by atoms with E-state index >= 15 is 0 Å². The van der Waals surface area contributed by atoms with Gasteiger partial charge in [0.05, 0.1) is 12.0 Å². The van der Waals surface area contributed by atoms with E-state index in [2.05, 4.69) is 18.7 Å². The third-order valence-electron chi connectivity index (χ3n) is 4.02. The molecule has 0 aromatic carbocycles. The van der Waals surface area contributed by atoms with Gasteiger partial charge in [0.25, 0.3) is 0 Å². The second kappa shape index (κ2) is 7.99. The molecule has 1 saturated carbocycles. The van der Waals surface area contributed by atoms with Crippen molar-refractivity contribution in [3.8, 4) is 0 Å². The molecule has 0 unspecified atom stereocenters. The maximum absolute atomic E-state index is 12.5. The Kier molecular flexibility index (Phi) is 6.96. The summed E-state index contributed by atoms with van der Waals surface area (Å²) in [5.41, 5.74) is -0.747. The van der Waals surface area contributed by atoms with Gasteiger partial charge < -0.3 is 14.9 Å². The second-order valence-corrected chi connectivity index (χ2v) is 7.00. The molecule has 0 aromatic rings. The Labute approximate surface area is 124 Å². The summed E-state index contributed by atoms with van der Waals surface area (Å²) >= 11 is 0. The summed E-state index contributed by atoms with van der Waals surface area (Å²) in [6.07, 6.45) is 5.14. The zero-order valence-corrected chi connectivity index (χ0v) is 13.7. The van der Waals surface area contributed by atoms with Crippen molar-refractivity contribution in [2.75, 3.05) is 33.7 Å². The summed E-state index contributed by atoms with van der Waals surface area (Å²) < 4.78 is 0. The van der Waals surface area contributed by atoms with Gasteiger partial charge in [-0.1, -0.05) is 33.1 Å². The average molecular weight is 284 g/mol. The van der Waals surface area contributed by atoms with Crippen molar-refractivity contribution in [3.05, 3.63) is 0 Å². The zero-order chi connectivity index (χ0) is 15.2. The lowest BCUT2D eigenvalue weighted by Crippen LogP contribution is -2.44. The minimum atomic E-state index is -0.747. The topological polar surface area (TPSA) is 43.8 Å². The number of rotatable bonds is 7. The van der Waals surface area contributed by atoms with Crippen LogP contribution in [-0.4, -0.2) is 60.1 Å². The van der Waals surface area contributed by atoms with Gasteiger partial charge in [0.15, 0.2) is 0 Å². The van der Waals surface area contributed by atoms with E-state index in [1.54, 1.807) is 0 Å². The van der Waals surface area contributed by atoms with E-state index in [9.17, 15) is 9.90 Å². The van der Waals surface area contributed by atoms with Crippen LogP contribution in [0.2, 0.25) is 0 Å². The summed E-state index contributed by atoms with van der Waals surface area (Å²) in [5, 5.41) is 10.5. The SMILES string of the molecule is CC(C)CN(CCN(C)C)C(=O)CC1(O)CCCCC1. The van der Waals surface area contributed by atoms with E-state index in [0.29, 0.717) is 12.3 Å². The van der Waals surface area contributed by atoms with Crippen LogP contribution in [0.3, 0.4) is 0 Å². The minimum Gasteiger partial charge on any atom is -0.389 e. The fourth-order valence-corrected chi connectivity index (χ4v) is 2.86. The van der Waals surface area contributed by atoms with Gasteiger partial charge in [-0.15, -0.1) is 0 Å². The van der Waals surface area contributed by atoms with E-state index in [4.69, 9.17) is 0 Å². The lowest BCUT2D eigenvalue weighted by molar-refractivity contribution is -0.138. The Morgan fingerprint density at radius 3 is 2.25 bits per heavy atom. The molecule has 0 aliphatic heterocycles. The monoisotopic (exact) mass is 284 g/mol. The smallest absolute Gasteiger partial charge is 0.225 e. The molecular weight excluding hydrogens is 252 g/mol. The van der Waals surface area contributed by atoms with Gasteiger partial charge >= 0.3 is 0 Å². The fourth-order valence-electron chi connectivity index (χ4n) is 2.86. The summed E-state index contributed by atoms with van der Waals surface area (Å²) in [4.78, 5) is 16.5. The third-order valence-corrected chi connectivity index (χ3v) is 4.02. The van der Waals surface area contributed by atoms with Crippen molar-refractivity contribution in [3.63, 3.8) is 0 Å². The molecule has 1 aliphatic carbocycles. The Morgan fingerprint density at radius 1 is 1.15 bits per heavy atom. The van der Waals surface area contributed by atoms with Crippen molar-refractivity contribution in [1.29, 1.82) is 0 Å². The molecule has 4 nitrogen and oxygen atoms in total. The van der Waals surface area contributed by atoms with E-state index in [-0.39, 0.29) is 5.91 Å². The van der Waals surface area contributed by atoms with Gasteiger partial charge in [-0.3, -0.25) is 4.79 Å². The standard InChI is InChI=1S/C16H32N2O2/c1-14(2)13-18(11-10-17(3)4)15(19)12-16(20)8-6-5-7-9-16/h14,20H,5-13H2,1-4H3. The average Bonchev–Trinajstić information content (AvgIpc) is 2.34. The molecule has 1 amide bonds. The summed E-state index contributed by atoms with van der Waals surface area (Å²) in [6.45, 7) is 6.66. The molecule has 0 atom stereocenters. The van der Waals surface area contributed by atoms with Crippen LogP contribution in [0.5, 0.6) is 0 Å². The predicted octanol–water partition coefficient (Wildman–Crippen LogP) is 2.12. The van der Waals surface area contributed by atoms with Crippen LogP contribution in [-0.2, 0) is 4.79 Å². The van der Waals surface area contributed by atoms with E-state index in [1.807, 2.05) is 19.0 Å². The highest BCUT2D eigenvalue weighted by Gasteiger charge is 2.33. The number of likely N-dealkylation sites (N-methyl/N-ethyl adjacent to an activating group) is 1. The van der Waals surface area contributed by atoms with E-state index in [0.717, 1.165) is 45.3 Å². The van der Waals surface area contributed by atoms with Gasteiger partial charge in [-0.2, -0.15) is 0 Å². The Hall–Kier alpha value is -0.610. The number of carbonyl (C=O) groups excluding carboxylic acids is 1. The molecule has 1 fully saturated rings. The quantitative estimate of drug-likeness (QED) is 0.779. The minimum absolute atomic E-state index is 0.116. The molecular formula is C16H32N2O2. The number of hydrogen-bond donors (Lipinski definition) is 1. The van der Waals surface area contributed by atoms with Gasteiger partial charge in [0.2, 0.25) is 5.91 Å². The van der Waals surface area contributed by atoms with Gasteiger partial charge in [-0.25, -0.2) is 0 Å². The number of carbonyl (C=O) groups is 1. The highest BCUT2D eigenvalue weighted by atomic mass is 16.3. The lowest BCUT2D eigenvalue weighted by atomic mass is 9.82. The molecule has 4 heteroatoms. The summed E-state index contributed by atoms with van der Waals surface area (Å²) in [6, 6.07) is 0. The number of nitrogens with zero attached hydrogens (tertiary/aromatic N) is 2. The Bertz CT molecular complexity index is 297. The van der Waals surface area contributed by atoms with Crippen molar-refractivity contribution in [1.82, 2.24) is 9.80 Å². The highest BCUT2D eigenvalue weighted by Crippen LogP contribution is 2.31. The maximum atomic E-state index is 12.5. The third kappa shape index (κ3) is 6.23. The summed E-state index contributed by atoms with van der Waals surface area (Å²) in [7, 11) is 4.04. The molecule has 0 aromatic heterocycles. The van der Waals surface area contributed by atoms with Crippen molar-refractivity contribution in [2.24, 2.45) is 5.92 Å². The molecule has 1 aliphatic rings. The number of hydrogen-bond acceptors (Lipinski definition) is 3. The van der Waals surface area contributed by atoms with Crippen LogP contribution in [0.1, 0.15) is 52.4 Å². The zero-order valence-electron chi connectivity index (χ0n) is 13.7. The first-order chi connectivity index (χ1) is 9.32. The number of aliphatic hydroxyl groups is 1. The Morgan fingerprint density at radius 2 is 1.75 bits per heavy atom. The highest BCUT2D eigenvalue weighted by molar-refractivity contribution is 5.77. The Balaban J connectivity index is 2.56. The molecule has 1 rings (SSSR count). The first-order valence-electron chi connectivity index (χ1n) is 7.97. The molecule has 118 valence electrons. The first-order valence-corrected chi connectivity index (χ1v) is 7.97.